The highest BCUT2D eigenvalue weighted by molar-refractivity contribution is 5.92. The first-order valence-electron chi connectivity index (χ1n) is 9.78. The Morgan fingerprint density at radius 2 is 1.86 bits per heavy atom. The second-order valence-electron chi connectivity index (χ2n) is 7.10. The van der Waals surface area contributed by atoms with Gasteiger partial charge in [0.1, 0.15) is 17.3 Å². The van der Waals surface area contributed by atoms with Crippen LogP contribution in [0.3, 0.4) is 0 Å². The van der Waals surface area contributed by atoms with E-state index in [4.69, 9.17) is 0 Å². The fourth-order valence-electron chi connectivity index (χ4n) is 3.51. The van der Waals surface area contributed by atoms with Crippen LogP contribution in [0.25, 0.3) is 0 Å². The Labute approximate surface area is 168 Å². The number of piperidine rings is 1. The highest BCUT2D eigenvalue weighted by Gasteiger charge is 2.23. The molecule has 29 heavy (non-hydrogen) atoms. The molecule has 7 nitrogen and oxygen atoms in total. The number of hydrogen-bond donors (Lipinski definition) is 2. The minimum atomic E-state index is -0.733. The van der Waals surface area contributed by atoms with Crippen LogP contribution < -0.4 is 10.6 Å². The smallest absolute Gasteiger partial charge is 0.321 e. The van der Waals surface area contributed by atoms with Gasteiger partial charge < -0.3 is 15.5 Å². The van der Waals surface area contributed by atoms with Crippen LogP contribution in [0.1, 0.15) is 36.7 Å². The molecule has 3 rings (SSSR count). The largest absolute Gasteiger partial charge is 0.351 e. The van der Waals surface area contributed by atoms with E-state index in [-0.39, 0.29) is 17.6 Å². The van der Waals surface area contributed by atoms with Crippen molar-refractivity contribution in [3.05, 3.63) is 47.8 Å². The third kappa shape index (κ3) is 5.52. The van der Waals surface area contributed by atoms with E-state index < -0.39 is 11.6 Å². The monoisotopic (exact) mass is 405 g/mol. The number of aromatic nitrogens is 2. The number of amides is 3. The summed E-state index contributed by atoms with van der Waals surface area (Å²) in [6, 6.07) is 4.26. The quantitative estimate of drug-likeness (QED) is 0.774. The van der Waals surface area contributed by atoms with Crippen LogP contribution in [0.15, 0.2) is 30.5 Å². The molecule has 0 aliphatic carbocycles. The number of halogens is 2. The third-order valence-electron chi connectivity index (χ3n) is 5.10. The molecule has 2 heterocycles. The summed E-state index contributed by atoms with van der Waals surface area (Å²) in [7, 11) is 0. The van der Waals surface area contributed by atoms with Gasteiger partial charge in [-0.25, -0.2) is 13.6 Å². The van der Waals surface area contributed by atoms with Crippen LogP contribution >= 0.6 is 0 Å². The summed E-state index contributed by atoms with van der Waals surface area (Å²) in [5, 5.41) is 9.54. The Hall–Kier alpha value is -2.97. The molecule has 0 spiro atoms. The number of urea groups is 1. The second kappa shape index (κ2) is 9.49. The number of hydrogen-bond acceptors (Lipinski definition) is 3. The molecule has 1 aliphatic heterocycles. The summed E-state index contributed by atoms with van der Waals surface area (Å²) in [6.07, 6.45) is 4.06. The SMILES string of the molecule is CCn1nccc1C(=O)NCCC1CCN(C(=O)Nc2cc(F)cc(F)c2)CC1. The van der Waals surface area contributed by atoms with Gasteiger partial charge in [-0.1, -0.05) is 0 Å². The molecule has 1 fully saturated rings. The average Bonchev–Trinajstić information content (AvgIpc) is 3.16. The maximum atomic E-state index is 13.2. The third-order valence-corrected chi connectivity index (χ3v) is 5.10. The molecule has 1 saturated heterocycles. The van der Waals surface area contributed by atoms with Gasteiger partial charge in [0, 0.05) is 44.1 Å². The molecular formula is C20H25F2N5O2. The Bertz CT molecular complexity index is 842. The first-order valence-corrected chi connectivity index (χ1v) is 9.78. The number of likely N-dealkylation sites (tertiary alicyclic amines) is 1. The van der Waals surface area contributed by atoms with Crippen molar-refractivity contribution in [1.82, 2.24) is 20.0 Å². The van der Waals surface area contributed by atoms with Crippen LogP contribution in [0.5, 0.6) is 0 Å². The van der Waals surface area contributed by atoms with Gasteiger partial charge in [0.25, 0.3) is 5.91 Å². The predicted octanol–water partition coefficient (Wildman–Crippen LogP) is 3.25. The molecule has 2 aromatic rings. The van der Waals surface area contributed by atoms with E-state index in [0.717, 1.165) is 37.5 Å². The van der Waals surface area contributed by atoms with Gasteiger partial charge in [0.15, 0.2) is 0 Å². The molecule has 0 radical (unpaired) electrons. The molecule has 9 heteroatoms. The zero-order chi connectivity index (χ0) is 20.8. The number of nitrogens with zero attached hydrogens (tertiary/aromatic N) is 3. The van der Waals surface area contributed by atoms with Crippen LogP contribution in [0, 0.1) is 17.6 Å². The standard InChI is InChI=1S/C20H25F2N5O2/c1-2-27-18(4-8-24-27)19(28)23-7-3-14-5-9-26(10-6-14)20(29)25-17-12-15(21)11-16(22)13-17/h4,8,11-14H,2-3,5-7,9-10H2,1H3,(H,23,28)(H,25,29). The Morgan fingerprint density at radius 1 is 1.17 bits per heavy atom. The maximum absolute atomic E-state index is 13.2. The number of nitrogens with one attached hydrogen (secondary N) is 2. The lowest BCUT2D eigenvalue weighted by molar-refractivity contribution is 0.0939. The molecule has 0 bridgehead atoms. The van der Waals surface area contributed by atoms with Crippen LogP contribution in [0.2, 0.25) is 0 Å². The number of carbonyl (C=O) groups is 2. The first kappa shape index (κ1) is 20.8. The molecule has 1 aromatic heterocycles. The van der Waals surface area contributed by atoms with Crippen LogP contribution in [-0.2, 0) is 6.54 Å². The van der Waals surface area contributed by atoms with Crippen LogP contribution in [-0.4, -0.2) is 46.3 Å². The second-order valence-corrected chi connectivity index (χ2v) is 7.10. The van der Waals surface area contributed by atoms with Crippen molar-refractivity contribution in [3.63, 3.8) is 0 Å². The van der Waals surface area contributed by atoms with E-state index in [0.29, 0.717) is 37.8 Å². The predicted molar refractivity (Wildman–Crippen MR) is 105 cm³/mol. The number of aryl methyl sites for hydroxylation is 1. The molecule has 1 aliphatic rings. The minimum absolute atomic E-state index is 0.101. The number of carbonyl (C=O) groups excluding carboxylic acids is 2. The molecule has 0 unspecified atom stereocenters. The van der Waals surface area contributed by atoms with Gasteiger partial charge in [-0.15, -0.1) is 0 Å². The topological polar surface area (TPSA) is 79.3 Å². The van der Waals surface area contributed by atoms with E-state index in [1.54, 1.807) is 21.8 Å². The zero-order valence-electron chi connectivity index (χ0n) is 16.3. The molecular weight excluding hydrogens is 380 g/mol. The average molecular weight is 405 g/mol. The highest BCUT2D eigenvalue weighted by Crippen LogP contribution is 2.21. The summed E-state index contributed by atoms with van der Waals surface area (Å²) in [5.41, 5.74) is 0.649. The lowest BCUT2D eigenvalue weighted by Gasteiger charge is -2.32. The van der Waals surface area contributed by atoms with E-state index in [1.165, 1.54) is 0 Å². The van der Waals surface area contributed by atoms with Crippen molar-refractivity contribution in [2.75, 3.05) is 25.0 Å². The molecule has 0 atom stereocenters. The van der Waals surface area contributed by atoms with E-state index in [9.17, 15) is 18.4 Å². The zero-order valence-corrected chi connectivity index (χ0v) is 16.3. The molecule has 3 amide bonds. The molecule has 0 saturated carbocycles. The maximum Gasteiger partial charge on any atom is 0.321 e. The van der Waals surface area contributed by atoms with Gasteiger partial charge in [-0.2, -0.15) is 5.10 Å². The summed E-state index contributed by atoms with van der Waals surface area (Å²) in [4.78, 5) is 26.1. The summed E-state index contributed by atoms with van der Waals surface area (Å²) < 4.78 is 28.1. The number of benzene rings is 1. The summed E-state index contributed by atoms with van der Waals surface area (Å²) in [5.74, 6) is -1.20. The fourth-order valence-corrected chi connectivity index (χ4v) is 3.51. The van der Waals surface area contributed by atoms with Gasteiger partial charge in [0.2, 0.25) is 0 Å². The summed E-state index contributed by atoms with van der Waals surface area (Å²) in [6.45, 7) is 4.25. The van der Waals surface area contributed by atoms with Crippen molar-refractivity contribution in [2.45, 2.75) is 32.7 Å². The number of rotatable bonds is 6. The lowest BCUT2D eigenvalue weighted by Crippen LogP contribution is -2.41. The van der Waals surface area contributed by atoms with Crippen molar-refractivity contribution >= 4 is 17.6 Å². The minimum Gasteiger partial charge on any atom is -0.351 e. The molecule has 156 valence electrons. The Morgan fingerprint density at radius 3 is 2.52 bits per heavy atom. The van der Waals surface area contributed by atoms with E-state index >= 15 is 0 Å². The Balaban J connectivity index is 1.40. The van der Waals surface area contributed by atoms with Gasteiger partial charge in [-0.3, -0.25) is 9.48 Å². The Kier molecular flexibility index (Phi) is 6.79. The first-order chi connectivity index (χ1) is 14.0. The van der Waals surface area contributed by atoms with Crippen LogP contribution in [0.4, 0.5) is 19.3 Å². The lowest BCUT2D eigenvalue weighted by atomic mass is 9.93. The summed E-state index contributed by atoms with van der Waals surface area (Å²) >= 11 is 0. The molecule has 2 N–H and O–H groups in total. The van der Waals surface area contributed by atoms with Gasteiger partial charge in [0.05, 0.1) is 0 Å². The van der Waals surface area contributed by atoms with E-state index in [2.05, 4.69) is 15.7 Å². The normalized spacial score (nSPS) is 14.7. The van der Waals surface area contributed by atoms with Crippen molar-refractivity contribution in [1.29, 1.82) is 0 Å². The van der Waals surface area contributed by atoms with Crippen molar-refractivity contribution < 1.29 is 18.4 Å². The highest BCUT2D eigenvalue weighted by atomic mass is 19.1. The van der Waals surface area contributed by atoms with E-state index in [1.807, 2.05) is 6.92 Å². The molecule has 1 aromatic carbocycles. The van der Waals surface area contributed by atoms with Gasteiger partial charge in [-0.05, 0) is 50.3 Å². The van der Waals surface area contributed by atoms with Crippen molar-refractivity contribution in [2.24, 2.45) is 5.92 Å². The van der Waals surface area contributed by atoms with Gasteiger partial charge >= 0.3 is 6.03 Å². The fraction of sp³-hybridized carbons (Fsp3) is 0.450. The number of anilines is 1. The van der Waals surface area contributed by atoms with Crippen molar-refractivity contribution in [3.8, 4) is 0 Å².